The first kappa shape index (κ1) is 16.7. The zero-order chi connectivity index (χ0) is 18.1. The summed E-state index contributed by atoms with van der Waals surface area (Å²) in [6.07, 6.45) is 2.05. The van der Waals surface area contributed by atoms with Crippen LogP contribution in [0.1, 0.15) is 33.6 Å². The molecule has 2 aromatic rings. The van der Waals surface area contributed by atoms with Crippen LogP contribution in [0, 0.1) is 0 Å². The molecule has 0 radical (unpaired) electrons. The van der Waals surface area contributed by atoms with E-state index in [1.54, 1.807) is 36.4 Å². The molecule has 7 heteroatoms. The zero-order valence-corrected chi connectivity index (χ0v) is 14.7. The normalized spacial score (nSPS) is 15.6. The van der Waals surface area contributed by atoms with E-state index in [0.29, 0.717) is 28.3 Å². The molecule has 1 saturated carbocycles. The highest BCUT2D eigenvalue weighted by Crippen LogP contribution is 2.32. The molecule has 0 bridgehead atoms. The van der Waals surface area contributed by atoms with Crippen LogP contribution in [0.5, 0.6) is 0 Å². The molecule has 1 heterocycles. The third-order valence-corrected chi connectivity index (χ3v) is 5.24. The van der Waals surface area contributed by atoms with E-state index in [0.717, 1.165) is 17.7 Å². The minimum Gasteiger partial charge on any atom is -0.349 e. The van der Waals surface area contributed by atoms with E-state index in [4.69, 9.17) is 0 Å². The summed E-state index contributed by atoms with van der Waals surface area (Å²) < 4.78 is 0. The van der Waals surface area contributed by atoms with Crippen molar-refractivity contribution in [2.45, 2.75) is 23.8 Å². The molecule has 4 rings (SSSR count). The van der Waals surface area contributed by atoms with Gasteiger partial charge in [0.1, 0.15) is 0 Å². The summed E-state index contributed by atoms with van der Waals surface area (Å²) in [4.78, 5) is 37.1. The van der Waals surface area contributed by atoms with Crippen LogP contribution in [0.2, 0.25) is 0 Å². The maximum atomic E-state index is 12.5. The molecule has 3 N–H and O–H groups in total. The highest BCUT2D eigenvalue weighted by molar-refractivity contribution is 8.00. The summed E-state index contributed by atoms with van der Waals surface area (Å²) in [5.74, 6) is -0.113. The minimum absolute atomic E-state index is 0.0746. The van der Waals surface area contributed by atoms with Crippen LogP contribution in [0.25, 0.3) is 0 Å². The van der Waals surface area contributed by atoms with Crippen molar-refractivity contribution in [3.8, 4) is 0 Å². The summed E-state index contributed by atoms with van der Waals surface area (Å²) >= 11 is 1.45. The van der Waals surface area contributed by atoms with Crippen molar-refractivity contribution >= 4 is 40.9 Å². The van der Waals surface area contributed by atoms with Crippen LogP contribution in [0.3, 0.4) is 0 Å². The monoisotopic (exact) mass is 367 g/mol. The zero-order valence-electron chi connectivity index (χ0n) is 13.9. The van der Waals surface area contributed by atoms with Crippen LogP contribution in [-0.2, 0) is 4.79 Å². The molecule has 2 aliphatic rings. The Balaban J connectivity index is 1.48. The van der Waals surface area contributed by atoms with Gasteiger partial charge in [-0.25, -0.2) is 0 Å². The molecule has 1 fully saturated rings. The van der Waals surface area contributed by atoms with Crippen molar-refractivity contribution in [1.29, 1.82) is 0 Å². The Hall–Kier alpha value is -2.80. The third-order valence-electron chi connectivity index (χ3n) is 4.17. The fraction of sp³-hybridized carbons (Fsp3) is 0.211. The quantitative estimate of drug-likeness (QED) is 0.775. The molecule has 1 aliphatic carbocycles. The van der Waals surface area contributed by atoms with E-state index >= 15 is 0 Å². The SMILES string of the molecule is O=C1CSc2ccc(C(=O)Nc3cccc(C(=O)NC4CC4)c3)cc2N1. The molecule has 0 spiro atoms. The predicted octanol–water partition coefficient (Wildman–Crippen LogP) is 2.88. The molecule has 3 amide bonds. The maximum Gasteiger partial charge on any atom is 0.255 e. The lowest BCUT2D eigenvalue weighted by atomic mass is 10.1. The molecule has 2 aromatic carbocycles. The highest BCUT2D eigenvalue weighted by Gasteiger charge is 2.24. The van der Waals surface area contributed by atoms with E-state index in [1.165, 1.54) is 11.8 Å². The number of hydrogen-bond acceptors (Lipinski definition) is 4. The van der Waals surface area contributed by atoms with E-state index in [1.807, 2.05) is 6.07 Å². The molecule has 0 unspecified atom stereocenters. The summed E-state index contributed by atoms with van der Waals surface area (Å²) in [6, 6.07) is 12.4. The van der Waals surface area contributed by atoms with Gasteiger partial charge in [0.05, 0.1) is 11.4 Å². The van der Waals surface area contributed by atoms with Crippen molar-refractivity contribution in [3.63, 3.8) is 0 Å². The Bertz CT molecular complexity index is 909. The van der Waals surface area contributed by atoms with Gasteiger partial charge in [-0.05, 0) is 49.2 Å². The van der Waals surface area contributed by atoms with Gasteiger partial charge in [-0.2, -0.15) is 0 Å². The average Bonchev–Trinajstić information content (AvgIpc) is 3.45. The Labute approximate surface area is 154 Å². The second-order valence-electron chi connectivity index (χ2n) is 6.33. The predicted molar refractivity (Wildman–Crippen MR) is 101 cm³/mol. The lowest BCUT2D eigenvalue weighted by Gasteiger charge is -2.17. The molecule has 6 nitrogen and oxygen atoms in total. The van der Waals surface area contributed by atoms with E-state index < -0.39 is 0 Å². The number of benzene rings is 2. The summed E-state index contributed by atoms with van der Waals surface area (Å²) in [5.41, 5.74) is 2.16. The van der Waals surface area contributed by atoms with Crippen molar-refractivity contribution < 1.29 is 14.4 Å². The number of amides is 3. The van der Waals surface area contributed by atoms with Crippen molar-refractivity contribution in [2.75, 3.05) is 16.4 Å². The number of carbonyl (C=O) groups excluding carboxylic acids is 3. The van der Waals surface area contributed by atoms with Gasteiger partial charge in [0.2, 0.25) is 5.91 Å². The van der Waals surface area contributed by atoms with E-state index in [9.17, 15) is 14.4 Å². The number of thioether (sulfide) groups is 1. The number of rotatable bonds is 4. The standard InChI is InChI=1S/C19H17N3O3S/c23-17-10-26-16-7-4-12(9-15(16)22-17)19(25)21-14-3-1-2-11(8-14)18(24)20-13-5-6-13/h1-4,7-9,13H,5-6,10H2,(H,20,24)(H,21,25)(H,22,23). The van der Waals surface area contributed by atoms with Crippen LogP contribution >= 0.6 is 11.8 Å². The highest BCUT2D eigenvalue weighted by atomic mass is 32.2. The number of carbonyl (C=O) groups is 3. The van der Waals surface area contributed by atoms with E-state index in [2.05, 4.69) is 16.0 Å². The Morgan fingerprint density at radius 1 is 1.04 bits per heavy atom. The molecular formula is C19H17N3O3S. The second-order valence-corrected chi connectivity index (χ2v) is 7.35. The molecule has 0 aromatic heterocycles. The van der Waals surface area contributed by atoms with Gasteiger partial charge >= 0.3 is 0 Å². The number of hydrogen-bond donors (Lipinski definition) is 3. The van der Waals surface area contributed by atoms with Gasteiger partial charge in [-0.15, -0.1) is 11.8 Å². The fourth-order valence-electron chi connectivity index (χ4n) is 2.66. The number of nitrogens with one attached hydrogen (secondary N) is 3. The topological polar surface area (TPSA) is 87.3 Å². The molecule has 26 heavy (non-hydrogen) atoms. The van der Waals surface area contributed by atoms with Gasteiger partial charge in [0, 0.05) is 27.8 Å². The first-order chi connectivity index (χ1) is 12.6. The first-order valence-corrected chi connectivity index (χ1v) is 9.36. The van der Waals surface area contributed by atoms with Crippen LogP contribution in [-0.4, -0.2) is 29.5 Å². The Morgan fingerprint density at radius 2 is 1.85 bits per heavy atom. The van der Waals surface area contributed by atoms with Crippen LogP contribution < -0.4 is 16.0 Å². The van der Waals surface area contributed by atoms with Crippen molar-refractivity contribution in [2.24, 2.45) is 0 Å². The first-order valence-electron chi connectivity index (χ1n) is 8.37. The number of anilines is 2. The molecule has 0 atom stereocenters. The second kappa shape index (κ2) is 6.84. The average molecular weight is 367 g/mol. The van der Waals surface area contributed by atoms with Gasteiger partial charge < -0.3 is 16.0 Å². The smallest absolute Gasteiger partial charge is 0.255 e. The lowest BCUT2D eigenvalue weighted by molar-refractivity contribution is -0.113. The molecule has 0 saturated heterocycles. The van der Waals surface area contributed by atoms with Gasteiger partial charge in [-0.3, -0.25) is 14.4 Å². The van der Waals surface area contributed by atoms with Gasteiger partial charge in [-0.1, -0.05) is 6.07 Å². The Kier molecular flexibility index (Phi) is 4.38. The van der Waals surface area contributed by atoms with E-state index in [-0.39, 0.29) is 23.8 Å². The fourth-order valence-corrected chi connectivity index (χ4v) is 3.45. The summed E-state index contributed by atoms with van der Waals surface area (Å²) in [5, 5.41) is 8.50. The van der Waals surface area contributed by atoms with Crippen molar-refractivity contribution in [3.05, 3.63) is 53.6 Å². The minimum atomic E-state index is -0.294. The molecule has 1 aliphatic heterocycles. The van der Waals surface area contributed by atoms with Crippen LogP contribution in [0.15, 0.2) is 47.4 Å². The maximum absolute atomic E-state index is 12.5. The lowest BCUT2D eigenvalue weighted by Crippen LogP contribution is -2.25. The third kappa shape index (κ3) is 3.72. The molecular weight excluding hydrogens is 350 g/mol. The summed E-state index contributed by atoms with van der Waals surface area (Å²) in [6.45, 7) is 0. The van der Waals surface area contributed by atoms with Gasteiger partial charge in [0.15, 0.2) is 0 Å². The summed E-state index contributed by atoms with van der Waals surface area (Å²) in [7, 11) is 0. The largest absolute Gasteiger partial charge is 0.349 e. The van der Waals surface area contributed by atoms with Gasteiger partial charge in [0.25, 0.3) is 11.8 Å². The Morgan fingerprint density at radius 3 is 2.65 bits per heavy atom. The van der Waals surface area contributed by atoms with Crippen LogP contribution in [0.4, 0.5) is 11.4 Å². The van der Waals surface area contributed by atoms with Crippen molar-refractivity contribution in [1.82, 2.24) is 5.32 Å². The molecule has 132 valence electrons. The number of fused-ring (bicyclic) bond motifs is 1.